The van der Waals surface area contributed by atoms with Crippen LogP contribution in [-0.2, 0) is 11.4 Å². The van der Waals surface area contributed by atoms with Crippen LogP contribution in [0.15, 0.2) is 64.6 Å². The summed E-state index contributed by atoms with van der Waals surface area (Å²) in [5.41, 5.74) is 2.11. The Hall–Kier alpha value is -3.38. The molecule has 0 saturated carbocycles. The predicted octanol–water partition coefficient (Wildman–Crippen LogP) is 7.10. The molecule has 0 aliphatic carbocycles. The number of hydrogen-bond acceptors (Lipinski definition) is 5. The third kappa shape index (κ3) is 6.14. The lowest BCUT2D eigenvalue weighted by Crippen LogP contribution is -2.14. The number of ether oxygens (including phenoxy) is 1. The molecule has 3 aromatic rings. The maximum atomic E-state index is 12.6. The Morgan fingerprint density at radius 1 is 1.21 bits per heavy atom. The molecule has 0 aromatic heterocycles. The van der Waals surface area contributed by atoms with E-state index in [0.717, 1.165) is 0 Å². The van der Waals surface area contributed by atoms with Crippen LogP contribution in [-0.4, -0.2) is 10.8 Å². The maximum absolute atomic E-state index is 12.6. The van der Waals surface area contributed by atoms with Crippen LogP contribution >= 0.6 is 39.1 Å². The van der Waals surface area contributed by atoms with Crippen molar-refractivity contribution in [2.75, 3.05) is 5.32 Å². The highest BCUT2D eigenvalue weighted by Crippen LogP contribution is 2.36. The van der Waals surface area contributed by atoms with Crippen molar-refractivity contribution in [3.63, 3.8) is 0 Å². The van der Waals surface area contributed by atoms with Crippen LogP contribution < -0.4 is 10.1 Å². The SMILES string of the molecule is Cc1c(Cl)cccc1NC(=O)/C(C#N)=C\c1cc(Cl)c(OCc2cccc([N+](=O)[O-])c2)c(Br)c1. The van der Waals surface area contributed by atoms with Crippen molar-refractivity contribution in [2.24, 2.45) is 0 Å². The zero-order valence-electron chi connectivity index (χ0n) is 17.6. The number of carbonyl (C=O) groups excluding carboxylic acids is 1. The Labute approximate surface area is 213 Å². The predicted molar refractivity (Wildman–Crippen MR) is 135 cm³/mol. The van der Waals surface area contributed by atoms with Crippen LogP contribution in [0, 0.1) is 28.4 Å². The smallest absolute Gasteiger partial charge is 0.269 e. The molecule has 0 bridgehead atoms. The normalized spacial score (nSPS) is 11.0. The summed E-state index contributed by atoms with van der Waals surface area (Å²) in [7, 11) is 0. The van der Waals surface area contributed by atoms with E-state index < -0.39 is 10.8 Å². The fourth-order valence-corrected chi connectivity index (χ4v) is 4.13. The van der Waals surface area contributed by atoms with Gasteiger partial charge < -0.3 is 10.1 Å². The van der Waals surface area contributed by atoms with Gasteiger partial charge in [-0.1, -0.05) is 41.4 Å². The quantitative estimate of drug-likeness (QED) is 0.144. The molecule has 0 atom stereocenters. The van der Waals surface area contributed by atoms with Crippen molar-refractivity contribution in [3.8, 4) is 11.8 Å². The number of nitro benzene ring substituents is 1. The average molecular weight is 561 g/mol. The summed E-state index contributed by atoms with van der Waals surface area (Å²) in [4.78, 5) is 23.1. The summed E-state index contributed by atoms with van der Waals surface area (Å²) in [6.45, 7) is 1.82. The first-order valence-electron chi connectivity index (χ1n) is 9.73. The highest BCUT2D eigenvalue weighted by Gasteiger charge is 2.15. The zero-order valence-corrected chi connectivity index (χ0v) is 20.7. The molecule has 34 heavy (non-hydrogen) atoms. The second-order valence-corrected chi connectivity index (χ2v) is 8.73. The maximum Gasteiger partial charge on any atom is 0.269 e. The molecule has 7 nitrogen and oxygen atoms in total. The largest absolute Gasteiger partial charge is 0.486 e. The second kappa shape index (κ2) is 11.2. The van der Waals surface area contributed by atoms with Crippen LogP contribution in [0.1, 0.15) is 16.7 Å². The minimum absolute atomic E-state index is 0.0398. The number of rotatable bonds is 7. The van der Waals surface area contributed by atoms with Gasteiger partial charge in [-0.2, -0.15) is 5.26 Å². The molecule has 0 spiro atoms. The lowest BCUT2D eigenvalue weighted by molar-refractivity contribution is -0.384. The molecule has 0 fully saturated rings. The number of amides is 1. The van der Waals surface area contributed by atoms with Crippen molar-refractivity contribution in [2.45, 2.75) is 13.5 Å². The topological polar surface area (TPSA) is 105 Å². The van der Waals surface area contributed by atoms with Crippen molar-refractivity contribution >= 4 is 62.5 Å². The van der Waals surface area contributed by atoms with Crippen molar-refractivity contribution < 1.29 is 14.5 Å². The third-order valence-corrected chi connectivity index (χ3v) is 6.00. The second-order valence-electron chi connectivity index (χ2n) is 7.07. The number of hydrogen-bond donors (Lipinski definition) is 1. The van der Waals surface area contributed by atoms with E-state index in [-0.39, 0.29) is 22.9 Å². The van der Waals surface area contributed by atoms with Gasteiger partial charge in [0.2, 0.25) is 0 Å². The average Bonchev–Trinajstić information content (AvgIpc) is 2.80. The summed E-state index contributed by atoms with van der Waals surface area (Å²) in [6.07, 6.45) is 1.40. The van der Waals surface area contributed by atoms with Crippen LogP contribution in [0.3, 0.4) is 0 Å². The molecule has 10 heteroatoms. The van der Waals surface area contributed by atoms with Gasteiger partial charge in [0.25, 0.3) is 11.6 Å². The lowest BCUT2D eigenvalue weighted by atomic mass is 10.1. The minimum Gasteiger partial charge on any atom is -0.486 e. The minimum atomic E-state index is -0.592. The van der Waals surface area contributed by atoms with E-state index in [1.807, 2.05) is 6.07 Å². The Kier molecular flexibility index (Phi) is 8.29. The fourth-order valence-electron chi connectivity index (χ4n) is 2.96. The van der Waals surface area contributed by atoms with Gasteiger partial charge in [0.15, 0.2) is 5.75 Å². The summed E-state index contributed by atoms with van der Waals surface area (Å²) >= 11 is 15.8. The van der Waals surface area contributed by atoms with Gasteiger partial charge in [-0.05, 0) is 69.9 Å². The molecule has 3 aromatic carbocycles. The van der Waals surface area contributed by atoms with Gasteiger partial charge in [-0.15, -0.1) is 0 Å². The van der Waals surface area contributed by atoms with Crippen molar-refractivity contribution in [3.05, 3.63) is 101 Å². The molecular weight excluding hydrogens is 545 g/mol. The molecule has 3 rings (SSSR count). The van der Waals surface area contributed by atoms with Gasteiger partial charge >= 0.3 is 0 Å². The van der Waals surface area contributed by atoms with E-state index in [1.165, 1.54) is 18.2 Å². The van der Waals surface area contributed by atoms with E-state index in [0.29, 0.717) is 37.6 Å². The van der Waals surface area contributed by atoms with Crippen molar-refractivity contribution in [1.29, 1.82) is 5.26 Å². The Balaban J connectivity index is 1.79. The molecule has 0 saturated heterocycles. The van der Waals surface area contributed by atoms with E-state index in [2.05, 4.69) is 21.2 Å². The number of halogens is 3. The van der Waals surface area contributed by atoms with Crippen molar-refractivity contribution in [1.82, 2.24) is 0 Å². The van der Waals surface area contributed by atoms with Crippen LogP contribution in [0.2, 0.25) is 10.0 Å². The van der Waals surface area contributed by atoms with Crippen LogP contribution in [0.4, 0.5) is 11.4 Å². The number of non-ortho nitro benzene ring substituents is 1. The molecule has 1 amide bonds. The van der Waals surface area contributed by atoms with E-state index in [1.54, 1.807) is 49.4 Å². The Morgan fingerprint density at radius 3 is 2.62 bits per heavy atom. The molecule has 0 radical (unpaired) electrons. The number of carbonyl (C=O) groups is 1. The van der Waals surface area contributed by atoms with Gasteiger partial charge in [0.05, 0.1) is 14.4 Å². The molecular formula is C24H16BrCl2N3O4. The van der Waals surface area contributed by atoms with Gasteiger partial charge in [0, 0.05) is 22.8 Å². The first kappa shape index (κ1) is 25.2. The molecule has 172 valence electrons. The van der Waals surface area contributed by atoms with E-state index >= 15 is 0 Å². The summed E-state index contributed by atoms with van der Waals surface area (Å²) < 4.78 is 6.23. The number of nitrogens with one attached hydrogen (secondary N) is 1. The van der Waals surface area contributed by atoms with Gasteiger partial charge in [0.1, 0.15) is 18.2 Å². The van der Waals surface area contributed by atoms with Gasteiger partial charge in [-0.3, -0.25) is 14.9 Å². The highest BCUT2D eigenvalue weighted by atomic mass is 79.9. The third-order valence-electron chi connectivity index (χ3n) is 4.72. The molecule has 0 unspecified atom stereocenters. The van der Waals surface area contributed by atoms with Gasteiger partial charge in [-0.25, -0.2) is 0 Å². The monoisotopic (exact) mass is 559 g/mol. The Morgan fingerprint density at radius 2 is 1.94 bits per heavy atom. The highest BCUT2D eigenvalue weighted by molar-refractivity contribution is 9.10. The number of benzene rings is 3. The molecule has 1 N–H and O–H groups in total. The fraction of sp³-hybridized carbons (Fsp3) is 0.0833. The van der Waals surface area contributed by atoms with Crippen LogP contribution in [0.5, 0.6) is 5.75 Å². The number of nitriles is 1. The first-order valence-corrected chi connectivity index (χ1v) is 11.3. The molecule has 0 heterocycles. The Bertz CT molecular complexity index is 1330. The number of anilines is 1. The first-order chi connectivity index (χ1) is 16.2. The summed E-state index contributed by atoms with van der Waals surface area (Å²) in [5, 5.41) is 23.9. The number of nitro groups is 1. The molecule has 0 aliphatic heterocycles. The van der Waals surface area contributed by atoms with E-state index in [4.69, 9.17) is 27.9 Å². The number of nitrogens with zero attached hydrogens (tertiary/aromatic N) is 2. The molecule has 0 aliphatic rings. The zero-order chi connectivity index (χ0) is 24.8. The summed E-state index contributed by atoms with van der Waals surface area (Å²) in [5.74, 6) is -0.269. The van der Waals surface area contributed by atoms with Crippen LogP contribution in [0.25, 0.3) is 6.08 Å². The van der Waals surface area contributed by atoms with E-state index in [9.17, 15) is 20.2 Å². The summed E-state index contributed by atoms with van der Waals surface area (Å²) in [6, 6.07) is 16.2. The standard InChI is InChI=1S/C24H16BrCl2N3O4/c1-14-20(26)6-3-7-22(14)29-24(31)17(12-28)8-16-10-19(25)23(21(27)11-16)34-13-15-4-2-5-18(9-15)30(32)33/h2-11H,13H2,1H3,(H,29,31)/b17-8-. The lowest BCUT2D eigenvalue weighted by Gasteiger charge is -2.12.